The monoisotopic (exact) mass is 429 g/mol. The standard InChI is InChI=1S/C20H29N3O3S.K/c1-23-11-4-7-16(10-12-23)27(25,26)22-20(24)21-19-17-8-2-5-14(17)13-15-6-3-9-18(15)19;/h13,16H,2-12H2,1H3,(H2,21,22,24);/q;+1/p-1. The molecule has 1 heterocycles. The van der Waals surface area contributed by atoms with Crippen LogP contribution in [0.1, 0.15) is 54.4 Å². The Morgan fingerprint density at radius 3 is 2.32 bits per heavy atom. The van der Waals surface area contributed by atoms with Crippen LogP contribution < -0.4 is 56.7 Å². The number of aryl methyl sites for hydroxylation is 2. The third kappa shape index (κ3) is 4.85. The molecule has 1 fully saturated rings. The summed E-state index contributed by atoms with van der Waals surface area (Å²) in [6, 6.07) is 1.55. The summed E-state index contributed by atoms with van der Waals surface area (Å²) in [6.45, 7) is 1.61. The first-order valence-corrected chi connectivity index (χ1v) is 11.6. The predicted molar refractivity (Wildman–Crippen MR) is 107 cm³/mol. The molecule has 1 atom stereocenters. The number of urea groups is 1. The summed E-state index contributed by atoms with van der Waals surface area (Å²) in [6.07, 6.45) is 8.06. The van der Waals surface area contributed by atoms with E-state index in [1.807, 2.05) is 7.05 Å². The van der Waals surface area contributed by atoms with Crippen LogP contribution >= 0.6 is 0 Å². The number of benzene rings is 1. The molecule has 1 unspecified atom stereocenters. The maximum Gasteiger partial charge on any atom is 1.00 e. The molecule has 0 saturated carbocycles. The van der Waals surface area contributed by atoms with E-state index >= 15 is 0 Å². The Balaban J connectivity index is 0.00000225. The molecule has 3 aliphatic rings. The van der Waals surface area contributed by atoms with Gasteiger partial charge in [0.25, 0.3) is 0 Å². The fourth-order valence-electron chi connectivity index (χ4n) is 4.79. The minimum absolute atomic E-state index is 0. The van der Waals surface area contributed by atoms with Crippen molar-refractivity contribution in [2.24, 2.45) is 0 Å². The quantitative estimate of drug-likeness (QED) is 0.705. The average molecular weight is 430 g/mol. The minimum Gasteiger partial charge on any atom is -0.423 e. The van der Waals surface area contributed by atoms with Crippen LogP contribution in [0.15, 0.2) is 6.07 Å². The average Bonchev–Trinajstić information content (AvgIpc) is 3.20. The second-order valence-corrected chi connectivity index (χ2v) is 10.0. The van der Waals surface area contributed by atoms with Gasteiger partial charge >= 0.3 is 51.4 Å². The Hall–Kier alpha value is 0.0364. The van der Waals surface area contributed by atoms with Crippen molar-refractivity contribution in [3.05, 3.63) is 33.0 Å². The van der Waals surface area contributed by atoms with Crippen molar-refractivity contribution in [3.8, 4) is 0 Å². The van der Waals surface area contributed by atoms with E-state index in [4.69, 9.17) is 0 Å². The molecule has 8 heteroatoms. The summed E-state index contributed by atoms with van der Waals surface area (Å²) in [5, 5.41) is 2.31. The van der Waals surface area contributed by atoms with E-state index in [-0.39, 0.29) is 51.4 Å². The SMILES string of the molecule is CN1CCCC(S(=O)(=O)[N-]C(=O)Nc2c3c(cc4c2CCC4)CCC3)CC1.[K+]. The molecule has 1 aliphatic heterocycles. The van der Waals surface area contributed by atoms with E-state index in [0.717, 1.165) is 63.7 Å². The number of sulfonamides is 1. The molecular weight excluding hydrogens is 401 g/mol. The fraction of sp³-hybridized carbons (Fsp3) is 0.650. The van der Waals surface area contributed by atoms with Crippen molar-refractivity contribution >= 4 is 21.7 Å². The topological polar surface area (TPSA) is 80.6 Å². The van der Waals surface area contributed by atoms with Crippen LogP contribution in [0, 0.1) is 0 Å². The van der Waals surface area contributed by atoms with Gasteiger partial charge in [-0.2, -0.15) is 0 Å². The van der Waals surface area contributed by atoms with E-state index < -0.39 is 21.3 Å². The Bertz CT molecular complexity index is 824. The van der Waals surface area contributed by atoms with Crippen LogP contribution in [-0.4, -0.2) is 44.7 Å². The van der Waals surface area contributed by atoms with Crippen LogP contribution in [-0.2, 0) is 35.7 Å². The minimum atomic E-state index is -3.79. The third-order valence-corrected chi connectivity index (χ3v) is 7.97. The Labute approximate surface area is 210 Å². The van der Waals surface area contributed by atoms with Crippen LogP contribution in [0.2, 0.25) is 0 Å². The van der Waals surface area contributed by atoms with Gasteiger partial charge in [0, 0.05) is 0 Å². The first-order chi connectivity index (χ1) is 12.9. The number of likely N-dealkylation sites (tertiary alicyclic amines) is 1. The summed E-state index contributed by atoms with van der Waals surface area (Å²) in [5.74, 6) is 0. The molecule has 2 amide bonds. The molecule has 148 valence electrons. The number of anilines is 1. The van der Waals surface area contributed by atoms with Gasteiger partial charge in [0.1, 0.15) is 0 Å². The van der Waals surface area contributed by atoms with Gasteiger partial charge in [0.05, 0.1) is 5.25 Å². The molecule has 28 heavy (non-hydrogen) atoms. The number of nitrogens with one attached hydrogen (secondary N) is 1. The Morgan fingerprint density at radius 1 is 1.04 bits per heavy atom. The number of rotatable bonds is 3. The maximum absolute atomic E-state index is 12.7. The number of carbonyl (C=O) groups is 1. The molecule has 0 radical (unpaired) electrons. The molecule has 1 saturated heterocycles. The number of hydrogen-bond acceptors (Lipinski definition) is 4. The molecule has 0 aromatic heterocycles. The first-order valence-electron chi connectivity index (χ1n) is 10.1. The second kappa shape index (κ2) is 9.45. The van der Waals surface area contributed by atoms with Crippen molar-refractivity contribution in [3.63, 3.8) is 0 Å². The van der Waals surface area contributed by atoms with Gasteiger partial charge in [-0.25, -0.2) is 8.42 Å². The van der Waals surface area contributed by atoms with E-state index in [9.17, 15) is 13.2 Å². The van der Waals surface area contributed by atoms with Gasteiger partial charge in [-0.1, -0.05) is 6.07 Å². The molecule has 0 bridgehead atoms. The number of nitrogens with zero attached hydrogens (tertiary/aromatic N) is 2. The van der Waals surface area contributed by atoms with Crippen molar-refractivity contribution < 1.29 is 64.6 Å². The fourth-order valence-corrected chi connectivity index (χ4v) is 6.09. The van der Waals surface area contributed by atoms with Gasteiger partial charge in [-0.05, 0) is 106 Å². The number of hydrogen-bond donors (Lipinski definition) is 1. The van der Waals surface area contributed by atoms with Gasteiger partial charge in [-0.3, -0.25) is 4.79 Å². The molecular formula is C20H28KN3O3S. The predicted octanol–water partition coefficient (Wildman–Crippen LogP) is 0.388. The maximum atomic E-state index is 12.7. The van der Waals surface area contributed by atoms with E-state index in [0.29, 0.717) is 12.8 Å². The molecule has 2 aliphatic carbocycles. The van der Waals surface area contributed by atoms with Crippen LogP contribution in [0.25, 0.3) is 4.72 Å². The molecule has 1 aromatic carbocycles. The van der Waals surface area contributed by atoms with Crippen LogP contribution in [0.4, 0.5) is 10.5 Å². The van der Waals surface area contributed by atoms with Gasteiger partial charge in [-0.15, -0.1) is 0 Å². The zero-order valence-electron chi connectivity index (χ0n) is 17.0. The van der Waals surface area contributed by atoms with Crippen LogP contribution in [0.5, 0.6) is 0 Å². The zero-order chi connectivity index (χ0) is 19.0. The number of amides is 2. The van der Waals surface area contributed by atoms with Gasteiger partial charge in [0.15, 0.2) is 16.1 Å². The van der Waals surface area contributed by atoms with Crippen molar-refractivity contribution in [2.45, 2.75) is 63.0 Å². The van der Waals surface area contributed by atoms with Gasteiger partial charge in [0.2, 0.25) is 0 Å². The summed E-state index contributed by atoms with van der Waals surface area (Å²) in [7, 11) is -1.80. The summed E-state index contributed by atoms with van der Waals surface area (Å²) in [4.78, 5) is 14.7. The summed E-state index contributed by atoms with van der Waals surface area (Å²) in [5.41, 5.74) is 5.84. The van der Waals surface area contributed by atoms with Gasteiger partial charge < -0.3 is 14.9 Å². The Kier molecular flexibility index (Phi) is 7.67. The van der Waals surface area contributed by atoms with E-state index in [2.05, 4.69) is 21.0 Å². The molecule has 6 nitrogen and oxygen atoms in total. The van der Waals surface area contributed by atoms with E-state index in [1.54, 1.807) is 0 Å². The largest absolute Gasteiger partial charge is 1.00 e. The molecule has 1 N–H and O–H groups in total. The first kappa shape index (κ1) is 22.7. The molecule has 1 aromatic rings. The number of fused-ring (bicyclic) bond motifs is 2. The normalized spacial score (nSPS) is 22.0. The van der Waals surface area contributed by atoms with Crippen molar-refractivity contribution in [1.82, 2.24) is 4.90 Å². The molecule has 0 spiro atoms. The summed E-state index contributed by atoms with van der Waals surface area (Å²) >= 11 is 0. The van der Waals surface area contributed by atoms with Crippen LogP contribution in [0.3, 0.4) is 0 Å². The van der Waals surface area contributed by atoms with Crippen molar-refractivity contribution in [2.75, 3.05) is 25.5 Å². The van der Waals surface area contributed by atoms with E-state index in [1.165, 1.54) is 22.3 Å². The zero-order valence-corrected chi connectivity index (χ0v) is 20.9. The Morgan fingerprint density at radius 2 is 1.68 bits per heavy atom. The smallest absolute Gasteiger partial charge is 0.423 e. The molecule has 4 rings (SSSR count). The number of carbonyl (C=O) groups excluding carboxylic acids is 1. The van der Waals surface area contributed by atoms with Crippen molar-refractivity contribution in [1.29, 1.82) is 0 Å². The third-order valence-electron chi connectivity index (χ3n) is 6.24. The second-order valence-electron chi connectivity index (χ2n) is 8.13. The summed E-state index contributed by atoms with van der Waals surface area (Å²) < 4.78 is 29.0.